The molecule has 124 valence electrons. The van der Waals surface area contributed by atoms with Gasteiger partial charge in [-0.2, -0.15) is 0 Å². The van der Waals surface area contributed by atoms with Crippen LogP contribution in [0.5, 0.6) is 0 Å². The fourth-order valence-corrected chi connectivity index (χ4v) is 2.23. The van der Waals surface area contributed by atoms with Crippen molar-refractivity contribution < 1.29 is 9.53 Å². The number of hydrogen-bond donors (Lipinski definition) is 2. The van der Waals surface area contributed by atoms with E-state index in [-0.39, 0.29) is 12.1 Å². The normalized spacial score (nSPS) is 10.8. The predicted molar refractivity (Wildman–Crippen MR) is 90.8 cm³/mol. The lowest BCUT2D eigenvalue weighted by Crippen LogP contribution is -2.19. The van der Waals surface area contributed by atoms with E-state index in [0.29, 0.717) is 16.5 Å². The molecule has 8 nitrogen and oxygen atoms in total. The summed E-state index contributed by atoms with van der Waals surface area (Å²) in [7, 11) is 0. The van der Waals surface area contributed by atoms with Gasteiger partial charge in [0.2, 0.25) is 11.6 Å². The molecular weight excluding hydrogens is 332 g/mol. The molecule has 3 rings (SSSR count). The second-order valence-corrected chi connectivity index (χ2v) is 5.64. The number of aromatic nitrogens is 4. The molecule has 9 heteroatoms. The van der Waals surface area contributed by atoms with Gasteiger partial charge in [-0.15, -0.1) is 10.2 Å². The third-order valence-electron chi connectivity index (χ3n) is 2.97. The highest BCUT2D eigenvalue weighted by molar-refractivity contribution is 6.30. The maximum absolute atomic E-state index is 11.7. The van der Waals surface area contributed by atoms with Crippen LogP contribution in [-0.2, 0) is 4.74 Å². The zero-order valence-corrected chi connectivity index (χ0v) is 13.8. The Hall–Kier alpha value is -2.87. The number of nitrogens with one attached hydrogen (secondary N) is 2. The van der Waals surface area contributed by atoms with Gasteiger partial charge in [-0.05, 0) is 32.0 Å². The number of carbonyl (C=O) groups is 1. The first kappa shape index (κ1) is 16.0. The summed E-state index contributed by atoms with van der Waals surface area (Å²) in [6.45, 7) is 3.52. The van der Waals surface area contributed by atoms with Gasteiger partial charge in [0.05, 0.1) is 6.10 Å². The molecule has 1 aromatic carbocycles. The molecule has 1 amide bonds. The number of nitrogens with zero attached hydrogens (tertiary/aromatic N) is 4. The molecule has 3 aromatic rings. The first-order valence-electron chi connectivity index (χ1n) is 7.23. The van der Waals surface area contributed by atoms with E-state index in [1.165, 1.54) is 0 Å². The van der Waals surface area contributed by atoms with Gasteiger partial charge < -0.3 is 10.1 Å². The Labute approximate surface area is 142 Å². The summed E-state index contributed by atoms with van der Waals surface area (Å²) in [4.78, 5) is 16.0. The van der Waals surface area contributed by atoms with E-state index in [1.54, 1.807) is 42.8 Å². The Bertz CT molecular complexity index is 879. The van der Waals surface area contributed by atoms with Crippen molar-refractivity contribution in [2.75, 3.05) is 10.6 Å². The minimum absolute atomic E-state index is 0.231. The molecule has 2 aromatic heterocycles. The molecule has 0 fully saturated rings. The molecule has 2 N–H and O–H groups in total. The standard InChI is InChI=1S/C15H15ClN6O2/c1-9(2)24-15(23)19-14-21-20-13-12(17-6-7-22(13)14)18-11-5-3-4-10(16)8-11/h3-9H,1-2H3,(H,17,18)(H,19,21,23). The van der Waals surface area contributed by atoms with Crippen molar-refractivity contribution in [2.24, 2.45) is 0 Å². The fraction of sp³-hybridized carbons (Fsp3) is 0.200. The molecule has 0 atom stereocenters. The fourth-order valence-electron chi connectivity index (χ4n) is 2.04. The highest BCUT2D eigenvalue weighted by atomic mass is 35.5. The average Bonchev–Trinajstić information content (AvgIpc) is 2.91. The van der Waals surface area contributed by atoms with Crippen LogP contribution in [-0.4, -0.2) is 31.8 Å². The summed E-state index contributed by atoms with van der Waals surface area (Å²) in [5, 5.41) is 14.3. The number of halogens is 1. The van der Waals surface area contributed by atoms with Crippen molar-refractivity contribution in [3.63, 3.8) is 0 Å². The highest BCUT2D eigenvalue weighted by Crippen LogP contribution is 2.22. The van der Waals surface area contributed by atoms with Gasteiger partial charge in [0.25, 0.3) is 0 Å². The maximum atomic E-state index is 11.7. The zero-order chi connectivity index (χ0) is 17.1. The SMILES string of the molecule is CC(C)OC(=O)Nc1nnc2c(Nc3cccc(Cl)c3)nccn12. The van der Waals surface area contributed by atoms with Crippen LogP contribution in [0.3, 0.4) is 0 Å². The van der Waals surface area contributed by atoms with Crippen molar-refractivity contribution >= 4 is 40.8 Å². The molecule has 0 saturated carbocycles. The van der Waals surface area contributed by atoms with Crippen LogP contribution in [0.25, 0.3) is 5.65 Å². The van der Waals surface area contributed by atoms with Gasteiger partial charge in [-0.1, -0.05) is 17.7 Å². The second kappa shape index (κ2) is 6.71. The van der Waals surface area contributed by atoms with E-state index in [0.717, 1.165) is 5.69 Å². The van der Waals surface area contributed by atoms with Gasteiger partial charge in [-0.3, -0.25) is 9.72 Å². The first-order valence-corrected chi connectivity index (χ1v) is 7.60. The predicted octanol–water partition coefficient (Wildman–Crippen LogP) is 3.48. The van der Waals surface area contributed by atoms with Crippen molar-refractivity contribution in [3.05, 3.63) is 41.7 Å². The third-order valence-corrected chi connectivity index (χ3v) is 3.21. The summed E-state index contributed by atoms with van der Waals surface area (Å²) in [5.41, 5.74) is 1.22. The third kappa shape index (κ3) is 3.54. The molecule has 0 aliphatic rings. The maximum Gasteiger partial charge on any atom is 0.414 e. The number of anilines is 3. The van der Waals surface area contributed by atoms with Crippen molar-refractivity contribution in [3.8, 4) is 0 Å². The van der Waals surface area contributed by atoms with E-state index in [1.807, 2.05) is 12.1 Å². The lowest BCUT2D eigenvalue weighted by Gasteiger charge is -2.09. The Kier molecular flexibility index (Phi) is 4.48. The molecule has 0 aliphatic carbocycles. The van der Waals surface area contributed by atoms with E-state index in [4.69, 9.17) is 16.3 Å². The van der Waals surface area contributed by atoms with Crippen molar-refractivity contribution in [1.82, 2.24) is 19.6 Å². The summed E-state index contributed by atoms with van der Waals surface area (Å²) >= 11 is 5.98. The lowest BCUT2D eigenvalue weighted by atomic mass is 10.3. The van der Waals surface area contributed by atoms with Gasteiger partial charge >= 0.3 is 6.09 Å². The molecular formula is C15H15ClN6O2. The van der Waals surface area contributed by atoms with Crippen molar-refractivity contribution in [1.29, 1.82) is 0 Å². The summed E-state index contributed by atoms with van der Waals surface area (Å²) in [6.07, 6.45) is 2.39. The molecule has 0 spiro atoms. The van der Waals surface area contributed by atoms with Crippen LogP contribution in [0.1, 0.15) is 13.8 Å². The topological polar surface area (TPSA) is 93.4 Å². The Morgan fingerprint density at radius 1 is 1.33 bits per heavy atom. The van der Waals surface area contributed by atoms with Crippen molar-refractivity contribution in [2.45, 2.75) is 20.0 Å². The smallest absolute Gasteiger partial charge is 0.414 e. The highest BCUT2D eigenvalue weighted by Gasteiger charge is 2.14. The summed E-state index contributed by atoms with van der Waals surface area (Å²) in [6, 6.07) is 7.22. The molecule has 0 aliphatic heterocycles. The molecule has 0 radical (unpaired) electrons. The van der Waals surface area contributed by atoms with E-state index in [2.05, 4.69) is 25.8 Å². The van der Waals surface area contributed by atoms with Gasteiger partial charge in [-0.25, -0.2) is 9.78 Å². The van der Waals surface area contributed by atoms with E-state index >= 15 is 0 Å². The van der Waals surface area contributed by atoms with Crippen LogP contribution in [0.15, 0.2) is 36.7 Å². The average molecular weight is 347 g/mol. The minimum Gasteiger partial charge on any atom is -0.447 e. The molecule has 0 saturated heterocycles. The largest absolute Gasteiger partial charge is 0.447 e. The molecule has 24 heavy (non-hydrogen) atoms. The van der Waals surface area contributed by atoms with Crippen LogP contribution < -0.4 is 10.6 Å². The molecule has 0 bridgehead atoms. The van der Waals surface area contributed by atoms with Crippen LogP contribution >= 0.6 is 11.6 Å². The molecule has 2 heterocycles. The van der Waals surface area contributed by atoms with Gasteiger partial charge in [0.15, 0.2) is 5.82 Å². The van der Waals surface area contributed by atoms with E-state index < -0.39 is 6.09 Å². The number of ether oxygens (including phenoxy) is 1. The zero-order valence-electron chi connectivity index (χ0n) is 13.0. The number of amides is 1. The Morgan fingerprint density at radius 2 is 2.17 bits per heavy atom. The number of fused-ring (bicyclic) bond motifs is 1. The second-order valence-electron chi connectivity index (χ2n) is 5.21. The monoisotopic (exact) mass is 346 g/mol. The first-order chi connectivity index (χ1) is 11.5. The minimum atomic E-state index is -0.597. The Morgan fingerprint density at radius 3 is 2.92 bits per heavy atom. The number of benzene rings is 1. The lowest BCUT2D eigenvalue weighted by molar-refractivity contribution is 0.129. The van der Waals surface area contributed by atoms with Crippen LogP contribution in [0, 0.1) is 0 Å². The quantitative estimate of drug-likeness (QED) is 0.751. The number of rotatable bonds is 4. The summed E-state index contributed by atoms with van der Waals surface area (Å²) in [5.74, 6) is 0.727. The Balaban J connectivity index is 1.87. The summed E-state index contributed by atoms with van der Waals surface area (Å²) < 4.78 is 6.63. The number of hydrogen-bond acceptors (Lipinski definition) is 6. The van der Waals surface area contributed by atoms with E-state index in [9.17, 15) is 4.79 Å². The molecule has 0 unspecified atom stereocenters. The van der Waals surface area contributed by atoms with Gasteiger partial charge in [0.1, 0.15) is 0 Å². The van der Waals surface area contributed by atoms with Gasteiger partial charge in [0, 0.05) is 23.1 Å². The van der Waals surface area contributed by atoms with Crippen LogP contribution in [0.4, 0.5) is 22.2 Å². The van der Waals surface area contributed by atoms with Crippen LogP contribution in [0.2, 0.25) is 5.02 Å². The number of carbonyl (C=O) groups excluding carboxylic acids is 1.